The van der Waals surface area contributed by atoms with E-state index in [4.69, 9.17) is 0 Å². The van der Waals surface area contributed by atoms with Gasteiger partial charge >= 0.3 is 0 Å². The molecule has 13 heavy (non-hydrogen) atoms. The minimum atomic E-state index is 0.228. The van der Waals surface area contributed by atoms with Gasteiger partial charge in [-0.1, -0.05) is 38.0 Å². The second-order valence-corrected chi connectivity index (χ2v) is 4.28. The molecule has 1 aromatic carbocycles. The van der Waals surface area contributed by atoms with E-state index in [2.05, 4.69) is 13.0 Å². The Kier molecular flexibility index (Phi) is 2.03. The molecule has 2 rings (SSSR count). The summed E-state index contributed by atoms with van der Waals surface area (Å²) in [6.45, 7) is 2.26. The molecule has 0 spiro atoms. The fraction of sp³-hybridized carbons (Fsp3) is 0.500. The zero-order chi connectivity index (χ0) is 9.31. The molecule has 1 saturated carbocycles. The number of aromatic hydroxyl groups is 1. The zero-order valence-electron chi connectivity index (χ0n) is 8.09. The Morgan fingerprint density at radius 3 is 2.38 bits per heavy atom. The van der Waals surface area contributed by atoms with Crippen LogP contribution in [-0.2, 0) is 5.41 Å². The molecule has 0 radical (unpaired) electrons. The van der Waals surface area contributed by atoms with Gasteiger partial charge in [-0.2, -0.15) is 0 Å². The SMILES string of the molecule is CC1(c2ccccc2O)CCCC1. The number of rotatable bonds is 1. The van der Waals surface area contributed by atoms with Crippen LogP contribution in [0.3, 0.4) is 0 Å². The first-order chi connectivity index (χ1) is 6.22. The molecule has 0 atom stereocenters. The number of phenols is 1. The van der Waals surface area contributed by atoms with Crippen LogP contribution in [-0.4, -0.2) is 5.11 Å². The summed E-state index contributed by atoms with van der Waals surface area (Å²) in [7, 11) is 0. The lowest BCUT2D eigenvalue weighted by Crippen LogP contribution is -2.16. The summed E-state index contributed by atoms with van der Waals surface area (Å²) in [5, 5.41) is 9.74. The molecule has 1 aliphatic carbocycles. The maximum Gasteiger partial charge on any atom is 0.119 e. The lowest BCUT2D eigenvalue weighted by molar-refractivity contribution is 0.423. The van der Waals surface area contributed by atoms with E-state index in [1.54, 1.807) is 6.07 Å². The van der Waals surface area contributed by atoms with E-state index in [9.17, 15) is 5.11 Å². The van der Waals surface area contributed by atoms with Crippen molar-refractivity contribution in [1.82, 2.24) is 0 Å². The Hall–Kier alpha value is -0.980. The van der Waals surface area contributed by atoms with Gasteiger partial charge in [-0.3, -0.25) is 0 Å². The van der Waals surface area contributed by atoms with Crippen LogP contribution < -0.4 is 0 Å². The highest BCUT2D eigenvalue weighted by molar-refractivity contribution is 5.38. The number of benzene rings is 1. The highest BCUT2D eigenvalue weighted by Gasteiger charge is 2.32. The number of hydrogen-bond acceptors (Lipinski definition) is 1. The normalized spacial score (nSPS) is 20.4. The monoisotopic (exact) mass is 176 g/mol. The first-order valence-corrected chi connectivity index (χ1v) is 5.01. The fourth-order valence-corrected chi connectivity index (χ4v) is 2.41. The first-order valence-electron chi connectivity index (χ1n) is 5.01. The van der Waals surface area contributed by atoms with Crippen molar-refractivity contribution in [2.24, 2.45) is 0 Å². The van der Waals surface area contributed by atoms with Gasteiger partial charge in [-0.15, -0.1) is 0 Å². The van der Waals surface area contributed by atoms with Crippen molar-refractivity contribution in [3.8, 4) is 5.75 Å². The molecule has 1 aromatic rings. The van der Waals surface area contributed by atoms with Gasteiger partial charge < -0.3 is 5.11 Å². The lowest BCUT2D eigenvalue weighted by atomic mass is 9.80. The summed E-state index contributed by atoms with van der Waals surface area (Å²) >= 11 is 0. The van der Waals surface area contributed by atoms with Gasteiger partial charge in [0, 0.05) is 0 Å². The summed E-state index contributed by atoms with van der Waals surface area (Å²) in [6.07, 6.45) is 5.02. The minimum absolute atomic E-state index is 0.228. The third kappa shape index (κ3) is 1.43. The molecule has 70 valence electrons. The molecule has 1 nitrogen and oxygen atoms in total. The fourth-order valence-electron chi connectivity index (χ4n) is 2.41. The van der Waals surface area contributed by atoms with Crippen molar-refractivity contribution in [3.05, 3.63) is 29.8 Å². The Labute approximate surface area is 79.4 Å². The smallest absolute Gasteiger partial charge is 0.119 e. The quantitative estimate of drug-likeness (QED) is 0.696. The predicted molar refractivity (Wildman–Crippen MR) is 53.9 cm³/mol. The van der Waals surface area contributed by atoms with Crippen LogP contribution in [0.1, 0.15) is 38.2 Å². The van der Waals surface area contributed by atoms with Gasteiger partial charge in [0.2, 0.25) is 0 Å². The Balaban J connectivity index is 2.39. The summed E-state index contributed by atoms with van der Waals surface area (Å²) in [5.41, 5.74) is 1.36. The maximum atomic E-state index is 9.74. The van der Waals surface area contributed by atoms with Crippen molar-refractivity contribution in [1.29, 1.82) is 0 Å². The predicted octanol–water partition coefficient (Wildman–Crippen LogP) is 3.22. The van der Waals surface area contributed by atoms with Crippen LogP contribution >= 0.6 is 0 Å². The van der Waals surface area contributed by atoms with Gasteiger partial charge in [0.15, 0.2) is 0 Å². The number of phenolic OH excluding ortho intramolecular Hbond substituents is 1. The molecule has 1 N–H and O–H groups in total. The molecule has 0 saturated heterocycles. The summed E-state index contributed by atoms with van der Waals surface area (Å²) in [4.78, 5) is 0. The van der Waals surface area contributed by atoms with Gasteiger partial charge in [-0.25, -0.2) is 0 Å². The van der Waals surface area contributed by atoms with Gasteiger partial charge in [0.05, 0.1) is 0 Å². The van der Waals surface area contributed by atoms with E-state index in [-0.39, 0.29) is 5.41 Å². The molecular formula is C12H16O. The molecular weight excluding hydrogens is 160 g/mol. The summed E-state index contributed by atoms with van der Waals surface area (Å²) in [5.74, 6) is 0.465. The Morgan fingerprint density at radius 1 is 1.15 bits per heavy atom. The molecule has 1 fully saturated rings. The molecule has 0 unspecified atom stereocenters. The number of hydrogen-bond donors (Lipinski definition) is 1. The highest BCUT2D eigenvalue weighted by atomic mass is 16.3. The highest BCUT2D eigenvalue weighted by Crippen LogP contribution is 2.43. The van der Waals surface area contributed by atoms with Crippen LogP contribution in [0.5, 0.6) is 5.75 Å². The first kappa shape index (κ1) is 8.61. The topological polar surface area (TPSA) is 20.2 Å². The van der Waals surface area contributed by atoms with Gasteiger partial charge in [0.25, 0.3) is 0 Å². The largest absolute Gasteiger partial charge is 0.508 e. The standard InChI is InChI=1S/C12H16O/c1-12(8-4-5-9-12)10-6-2-3-7-11(10)13/h2-3,6-7,13H,4-5,8-9H2,1H3. The Morgan fingerprint density at radius 2 is 1.77 bits per heavy atom. The van der Waals surface area contributed by atoms with E-state index in [0.29, 0.717) is 5.75 Å². The van der Waals surface area contributed by atoms with Crippen LogP contribution in [0.4, 0.5) is 0 Å². The van der Waals surface area contributed by atoms with E-state index in [0.717, 1.165) is 5.56 Å². The molecule has 1 heteroatoms. The average Bonchev–Trinajstić information content (AvgIpc) is 2.54. The van der Waals surface area contributed by atoms with Crippen molar-refractivity contribution in [3.63, 3.8) is 0 Å². The molecule has 1 aliphatic rings. The van der Waals surface area contributed by atoms with Crippen LogP contribution in [0.15, 0.2) is 24.3 Å². The summed E-state index contributed by atoms with van der Waals surface area (Å²) < 4.78 is 0. The molecule has 0 aliphatic heterocycles. The van der Waals surface area contributed by atoms with E-state index in [1.165, 1.54) is 25.7 Å². The molecule has 0 amide bonds. The maximum absolute atomic E-state index is 9.74. The van der Waals surface area contributed by atoms with E-state index in [1.807, 2.05) is 12.1 Å². The second kappa shape index (κ2) is 3.06. The van der Waals surface area contributed by atoms with Crippen LogP contribution in [0.2, 0.25) is 0 Å². The zero-order valence-corrected chi connectivity index (χ0v) is 8.09. The minimum Gasteiger partial charge on any atom is -0.508 e. The average molecular weight is 176 g/mol. The van der Waals surface area contributed by atoms with Crippen molar-refractivity contribution >= 4 is 0 Å². The van der Waals surface area contributed by atoms with Gasteiger partial charge in [-0.05, 0) is 29.9 Å². The van der Waals surface area contributed by atoms with E-state index < -0.39 is 0 Å². The molecule has 0 heterocycles. The van der Waals surface area contributed by atoms with Crippen LogP contribution in [0.25, 0.3) is 0 Å². The van der Waals surface area contributed by atoms with E-state index >= 15 is 0 Å². The third-order valence-corrected chi connectivity index (χ3v) is 3.26. The van der Waals surface area contributed by atoms with Crippen molar-refractivity contribution < 1.29 is 5.11 Å². The summed E-state index contributed by atoms with van der Waals surface area (Å²) in [6, 6.07) is 7.75. The van der Waals surface area contributed by atoms with Crippen molar-refractivity contribution in [2.75, 3.05) is 0 Å². The number of para-hydroxylation sites is 1. The van der Waals surface area contributed by atoms with Gasteiger partial charge in [0.1, 0.15) is 5.75 Å². The molecule has 0 aromatic heterocycles. The third-order valence-electron chi connectivity index (χ3n) is 3.26. The Bertz CT molecular complexity index is 298. The lowest BCUT2D eigenvalue weighted by Gasteiger charge is -2.24. The van der Waals surface area contributed by atoms with Crippen LogP contribution in [0, 0.1) is 0 Å². The second-order valence-electron chi connectivity index (χ2n) is 4.28. The van der Waals surface area contributed by atoms with Crippen molar-refractivity contribution in [2.45, 2.75) is 38.0 Å². The molecule has 0 bridgehead atoms.